The van der Waals surface area contributed by atoms with Gasteiger partial charge in [-0.25, -0.2) is 9.59 Å². The second-order valence-electron chi connectivity index (χ2n) is 8.66. The summed E-state index contributed by atoms with van der Waals surface area (Å²) in [5, 5.41) is 14.5. The van der Waals surface area contributed by atoms with E-state index >= 15 is 0 Å². The molecule has 0 spiro atoms. The van der Waals surface area contributed by atoms with Gasteiger partial charge in [-0.1, -0.05) is 54.6 Å². The van der Waals surface area contributed by atoms with Gasteiger partial charge in [0.25, 0.3) is 5.91 Å². The van der Waals surface area contributed by atoms with Crippen molar-refractivity contribution in [3.63, 3.8) is 0 Å². The second-order valence-corrected chi connectivity index (χ2v) is 8.66. The highest BCUT2D eigenvalue weighted by Gasteiger charge is 2.29. The molecule has 0 aliphatic heterocycles. The number of fused-ring (bicyclic) bond motifs is 3. The van der Waals surface area contributed by atoms with Gasteiger partial charge >= 0.3 is 12.1 Å². The second kappa shape index (κ2) is 10.4. The van der Waals surface area contributed by atoms with Crippen molar-refractivity contribution < 1.29 is 24.2 Å². The van der Waals surface area contributed by atoms with Crippen LogP contribution in [0.15, 0.2) is 72.8 Å². The van der Waals surface area contributed by atoms with Crippen molar-refractivity contribution in [1.82, 2.24) is 10.2 Å². The van der Waals surface area contributed by atoms with E-state index in [0.29, 0.717) is 5.69 Å². The van der Waals surface area contributed by atoms with Crippen molar-refractivity contribution >= 4 is 23.7 Å². The van der Waals surface area contributed by atoms with E-state index in [4.69, 9.17) is 4.74 Å². The number of anilines is 1. The van der Waals surface area contributed by atoms with Crippen molar-refractivity contribution in [2.24, 2.45) is 0 Å². The van der Waals surface area contributed by atoms with Crippen molar-refractivity contribution in [2.75, 3.05) is 32.6 Å². The van der Waals surface area contributed by atoms with Crippen molar-refractivity contribution in [2.45, 2.75) is 12.0 Å². The lowest BCUT2D eigenvalue weighted by Crippen LogP contribution is -2.46. The highest BCUT2D eigenvalue weighted by atomic mass is 16.5. The van der Waals surface area contributed by atoms with Gasteiger partial charge in [0.05, 0.1) is 0 Å². The normalized spacial score (nSPS) is 13.0. The molecule has 0 saturated carbocycles. The van der Waals surface area contributed by atoms with Crippen LogP contribution in [0.3, 0.4) is 0 Å². The van der Waals surface area contributed by atoms with Gasteiger partial charge in [0.15, 0.2) is 0 Å². The zero-order chi connectivity index (χ0) is 24.9. The van der Waals surface area contributed by atoms with Gasteiger partial charge in [-0.05, 0) is 54.5 Å². The summed E-state index contributed by atoms with van der Waals surface area (Å²) in [4.78, 5) is 38.2. The van der Waals surface area contributed by atoms with Gasteiger partial charge in [-0.15, -0.1) is 0 Å². The number of hydrogen-bond acceptors (Lipinski definition) is 5. The number of likely N-dealkylation sites (N-methyl/N-ethyl adjacent to an activating group) is 1. The zero-order valence-electron chi connectivity index (χ0n) is 19.5. The van der Waals surface area contributed by atoms with Crippen molar-refractivity contribution in [3.05, 3.63) is 89.5 Å². The molecule has 0 aromatic heterocycles. The summed E-state index contributed by atoms with van der Waals surface area (Å²) < 4.78 is 5.55. The predicted octanol–water partition coefficient (Wildman–Crippen LogP) is 3.79. The first-order valence-electron chi connectivity index (χ1n) is 11.2. The fraction of sp³-hybridized carbons (Fsp3) is 0.222. The van der Waals surface area contributed by atoms with E-state index in [-0.39, 0.29) is 24.6 Å². The minimum Gasteiger partial charge on any atom is -0.480 e. The Balaban J connectivity index is 1.39. The van der Waals surface area contributed by atoms with Gasteiger partial charge in [0, 0.05) is 23.7 Å². The smallest absolute Gasteiger partial charge is 0.411 e. The highest BCUT2D eigenvalue weighted by Crippen LogP contribution is 2.44. The SMILES string of the molecule is CN(C)CC(NC(=O)c1cccc(NC(=O)OCC2c3ccccc3-c3ccccc32)c1)C(=O)O. The first kappa shape index (κ1) is 24.0. The molecule has 2 amide bonds. The fourth-order valence-electron chi connectivity index (χ4n) is 4.28. The Hall–Kier alpha value is -4.17. The molecule has 35 heavy (non-hydrogen) atoms. The molecule has 1 atom stereocenters. The lowest BCUT2D eigenvalue weighted by molar-refractivity contribution is -0.139. The van der Waals surface area contributed by atoms with Gasteiger partial charge in [-0.3, -0.25) is 10.1 Å². The number of amides is 2. The number of hydrogen-bond donors (Lipinski definition) is 3. The van der Waals surface area contributed by atoms with E-state index in [2.05, 4.69) is 22.8 Å². The number of rotatable bonds is 8. The van der Waals surface area contributed by atoms with Crippen LogP contribution in [0.5, 0.6) is 0 Å². The first-order valence-corrected chi connectivity index (χ1v) is 11.2. The maximum Gasteiger partial charge on any atom is 0.411 e. The highest BCUT2D eigenvalue weighted by molar-refractivity contribution is 5.98. The van der Waals surface area contributed by atoms with E-state index in [0.717, 1.165) is 22.3 Å². The molecule has 4 rings (SSSR count). The molecule has 0 heterocycles. The third-order valence-electron chi connectivity index (χ3n) is 5.87. The van der Waals surface area contributed by atoms with Crippen LogP contribution in [0.25, 0.3) is 11.1 Å². The Morgan fingerprint density at radius 2 is 1.57 bits per heavy atom. The molecule has 3 N–H and O–H groups in total. The Bertz CT molecular complexity index is 1210. The Labute approximate surface area is 203 Å². The molecular formula is C27H27N3O5. The third kappa shape index (κ3) is 5.50. The molecule has 1 unspecified atom stereocenters. The summed E-state index contributed by atoms with van der Waals surface area (Å²) in [6.45, 7) is 0.323. The van der Waals surface area contributed by atoms with Crippen LogP contribution in [-0.4, -0.2) is 61.3 Å². The average Bonchev–Trinajstić information content (AvgIpc) is 3.16. The monoisotopic (exact) mass is 473 g/mol. The first-order chi connectivity index (χ1) is 16.8. The number of nitrogens with zero attached hydrogens (tertiary/aromatic N) is 1. The summed E-state index contributed by atoms with van der Waals surface area (Å²) in [5.41, 5.74) is 5.12. The van der Waals surface area contributed by atoms with E-state index in [1.165, 1.54) is 6.07 Å². The van der Waals surface area contributed by atoms with Gasteiger partial charge in [-0.2, -0.15) is 0 Å². The molecule has 0 saturated heterocycles. The molecule has 1 aliphatic carbocycles. The topological polar surface area (TPSA) is 108 Å². The minimum atomic E-state index is -1.13. The molecular weight excluding hydrogens is 446 g/mol. The van der Waals surface area contributed by atoms with Gasteiger partial charge < -0.3 is 20.1 Å². The number of ether oxygens (including phenoxy) is 1. The number of aliphatic carboxylic acids is 1. The molecule has 3 aromatic carbocycles. The molecule has 3 aromatic rings. The molecule has 1 aliphatic rings. The lowest BCUT2D eigenvalue weighted by atomic mass is 9.98. The quantitative estimate of drug-likeness (QED) is 0.459. The fourth-order valence-corrected chi connectivity index (χ4v) is 4.28. The van der Waals surface area contributed by atoms with E-state index in [1.807, 2.05) is 36.4 Å². The molecule has 0 fully saturated rings. The van der Waals surface area contributed by atoms with Crippen LogP contribution in [0.1, 0.15) is 27.4 Å². The van der Waals surface area contributed by atoms with Crippen LogP contribution in [-0.2, 0) is 9.53 Å². The molecule has 0 bridgehead atoms. The van der Waals surface area contributed by atoms with Crippen LogP contribution in [0.2, 0.25) is 0 Å². The van der Waals surface area contributed by atoms with Gasteiger partial charge in [0.1, 0.15) is 12.6 Å². The van der Waals surface area contributed by atoms with E-state index in [1.54, 1.807) is 37.2 Å². The maximum atomic E-state index is 12.6. The Kier molecular flexibility index (Phi) is 7.12. The molecule has 8 heteroatoms. The lowest BCUT2D eigenvalue weighted by Gasteiger charge is -2.19. The summed E-state index contributed by atoms with van der Waals surface area (Å²) >= 11 is 0. The number of carbonyl (C=O) groups is 3. The summed E-state index contributed by atoms with van der Waals surface area (Å²) in [7, 11) is 3.45. The Morgan fingerprint density at radius 1 is 0.943 bits per heavy atom. The number of carboxylic acids is 1. The van der Waals surface area contributed by atoms with Crippen molar-refractivity contribution in [3.8, 4) is 11.1 Å². The van der Waals surface area contributed by atoms with E-state index < -0.39 is 24.0 Å². The largest absolute Gasteiger partial charge is 0.480 e. The predicted molar refractivity (Wildman–Crippen MR) is 133 cm³/mol. The van der Waals surface area contributed by atoms with Crippen LogP contribution in [0, 0.1) is 0 Å². The summed E-state index contributed by atoms with van der Waals surface area (Å²) in [5.74, 6) is -1.73. The van der Waals surface area contributed by atoms with Crippen LogP contribution < -0.4 is 10.6 Å². The Morgan fingerprint density at radius 3 is 2.17 bits per heavy atom. The maximum absolute atomic E-state index is 12.6. The van der Waals surface area contributed by atoms with Crippen molar-refractivity contribution in [1.29, 1.82) is 0 Å². The van der Waals surface area contributed by atoms with Crippen LogP contribution in [0.4, 0.5) is 10.5 Å². The average molecular weight is 474 g/mol. The minimum absolute atomic E-state index is 0.0603. The molecule has 0 radical (unpaired) electrons. The van der Waals surface area contributed by atoms with Crippen LogP contribution >= 0.6 is 0 Å². The van der Waals surface area contributed by atoms with E-state index in [9.17, 15) is 19.5 Å². The number of carboxylic acid groups (broad SMARTS) is 1. The number of nitrogens with one attached hydrogen (secondary N) is 2. The summed E-state index contributed by atoms with van der Waals surface area (Å²) in [6, 6.07) is 21.4. The summed E-state index contributed by atoms with van der Waals surface area (Å²) in [6.07, 6.45) is -0.638. The standard InChI is InChI=1S/C27H27N3O5/c1-30(2)15-24(26(32)33)29-25(31)17-8-7-9-18(14-17)28-27(34)35-16-23-21-12-5-3-10-19(21)20-11-4-6-13-22(20)23/h3-14,23-24H,15-16H2,1-2H3,(H,28,34)(H,29,31)(H,32,33). The molecule has 8 nitrogen and oxygen atoms in total. The molecule has 180 valence electrons. The number of benzene rings is 3. The third-order valence-corrected chi connectivity index (χ3v) is 5.87. The number of carbonyl (C=O) groups excluding carboxylic acids is 2. The zero-order valence-corrected chi connectivity index (χ0v) is 19.5. The van der Waals surface area contributed by atoms with Gasteiger partial charge in [0.2, 0.25) is 0 Å².